The van der Waals surface area contributed by atoms with E-state index in [1.165, 1.54) is 6.92 Å². The third-order valence-electron chi connectivity index (χ3n) is 3.20. The van der Waals surface area contributed by atoms with Gasteiger partial charge in [0, 0.05) is 36.8 Å². The van der Waals surface area contributed by atoms with Crippen LogP contribution in [0.3, 0.4) is 0 Å². The quantitative estimate of drug-likeness (QED) is 0.835. The highest BCUT2D eigenvalue weighted by molar-refractivity contribution is 5.88. The van der Waals surface area contributed by atoms with Crippen molar-refractivity contribution in [1.29, 1.82) is 0 Å². The van der Waals surface area contributed by atoms with Gasteiger partial charge in [0.1, 0.15) is 11.5 Å². The van der Waals surface area contributed by atoms with Gasteiger partial charge in [-0.1, -0.05) is 18.2 Å². The van der Waals surface area contributed by atoms with Crippen LogP contribution in [0, 0.1) is 0 Å². The lowest BCUT2D eigenvalue weighted by atomic mass is 10.1. The first-order valence-corrected chi connectivity index (χ1v) is 6.59. The summed E-state index contributed by atoms with van der Waals surface area (Å²) in [6.07, 6.45) is 0. The molecule has 0 aromatic heterocycles. The molecule has 0 bridgehead atoms. The summed E-state index contributed by atoms with van der Waals surface area (Å²) in [6, 6.07) is 13.7. The fourth-order valence-electron chi connectivity index (χ4n) is 2.30. The predicted octanol–water partition coefficient (Wildman–Crippen LogP) is 3.04. The van der Waals surface area contributed by atoms with E-state index < -0.39 is 0 Å². The van der Waals surface area contributed by atoms with E-state index in [2.05, 4.69) is 16.7 Å². The van der Waals surface area contributed by atoms with Crippen LogP contribution in [0.15, 0.2) is 42.5 Å². The largest absolute Gasteiger partial charge is 0.457 e. The molecule has 0 atom stereocenters. The third kappa shape index (κ3) is 2.65. The van der Waals surface area contributed by atoms with Crippen LogP contribution in [-0.2, 0) is 17.9 Å². The maximum Gasteiger partial charge on any atom is 0.221 e. The number of ether oxygens (including phenoxy) is 1. The summed E-state index contributed by atoms with van der Waals surface area (Å²) < 4.78 is 5.99. The number of fused-ring (bicyclic) bond motifs is 2. The molecule has 3 rings (SSSR count). The third-order valence-corrected chi connectivity index (χ3v) is 3.20. The number of carbonyl (C=O) groups is 1. The molecule has 1 amide bonds. The lowest BCUT2D eigenvalue weighted by Crippen LogP contribution is -2.16. The number of amides is 1. The topological polar surface area (TPSA) is 50.4 Å². The first-order chi connectivity index (χ1) is 9.72. The van der Waals surface area contributed by atoms with E-state index in [1.54, 1.807) is 0 Å². The lowest BCUT2D eigenvalue weighted by Gasteiger charge is -2.19. The number of hydrogen-bond donors (Lipinski definition) is 2. The minimum Gasteiger partial charge on any atom is -0.457 e. The number of para-hydroxylation sites is 1. The van der Waals surface area contributed by atoms with Crippen LogP contribution in [0.25, 0.3) is 0 Å². The molecular formula is C16H16N2O2. The van der Waals surface area contributed by atoms with Crippen LogP contribution >= 0.6 is 0 Å². The van der Waals surface area contributed by atoms with Crippen LogP contribution in [0.5, 0.6) is 11.5 Å². The van der Waals surface area contributed by atoms with Crippen molar-refractivity contribution in [2.75, 3.05) is 5.32 Å². The normalized spacial score (nSPS) is 13.2. The second-order valence-electron chi connectivity index (χ2n) is 4.82. The van der Waals surface area contributed by atoms with E-state index in [4.69, 9.17) is 4.74 Å². The number of carbonyl (C=O) groups excluding carboxylic acids is 1. The Labute approximate surface area is 117 Å². The van der Waals surface area contributed by atoms with Gasteiger partial charge in [0.05, 0.1) is 0 Å². The van der Waals surface area contributed by atoms with Crippen LogP contribution in [-0.4, -0.2) is 5.91 Å². The number of nitrogens with one attached hydrogen (secondary N) is 2. The zero-order valence-corrected chi connectivity index (χ0v) is 11.3. The van der Waals surface area contributed by atoms with Crippen LogP contribution in [0.1, 0.15) is 18.1 Å². The van der Waals surface area contributed by atoms with Crippen molar-refractivity contribution in [3.05, 3.63) is 53.6 Å². The van der Waals surface area contributed by atoms with Crippen LogP contribution in [0.2, 0.25) is 0 Å². The van der Waals surface area contributed by atoms with E-state index in [9.17, 15) is 4.79 Å². The summed E-state index contributed by atoms with van der Waals surface area (Å²) in [4.78, 5) is 11.1. The molecule has 1 aliphatic rings. The minimum atomic E-state index is -0.0741. The number of anilines is 1. The van der Waals surface area contributed by atoms with Gasteiger partial charge in [0.2, 0.25) is 5.91 Å². The molecule has 0 saturated carbocycles. The maximum absolute atomic E-state index is 11.1. The van der Waals surface area contributed by atoms with E-state index in [1.807, 2.05) is 36.4 Å². The fourth-order valence-corrected chi connectivity index (χ4v) is 2.30. The Morgan fingerprint density at radius 2 is 1.85 bits per heavy atom. The van der Waals surface area contributed by atoms with Gasteiger partial charge in [-0.15, -0.1) is 0 Å². The molecule has 0 spiro atoms. The molecule has 0 saturated heterocycles. The Balaban J connectivity index is 1.95. The zero-order valence-electron chi connectivity index (χ0n) is 11.3. The predicted molar refractivity (Wildman–Crippen MR) is 77.8 cm³/mol. The first kappa shape index (κ1) is 12.7. The van der Waals surface area contributed by atoms with Gasteiger partial charge < -0.3 is 15.4 Å². The molecule has 4 nitrogen and oxygen atoms in total. The minimum absolute atomic E-state index is 0.0741. The summed E-state index contributed by atoms with van der Waals surface area (Å²) in [5.74, 6) is 1.61. The van der Waals surface area contributed by atoms with Crippen molar-refractivity contribution < 1.29 is 9.53 Å². The number of rotatable bonds is 1. The highest BCUT2D eigenvalue weighted by atomic mass is 16.5. The van der Waals surface area contributed by atoms with Crippen molar-refractivity contribution in [3.8, 4) is 11.5 Å². The van der Waals surface area contributed by atoms with Crippen molar-refractivity contribution in [1.82, 2.24) is 5.32 Å². The van der Waals surface area contributed by atoms with Crippen molar-refractivity contribution in [2.45, 2.75) is 20.0 Å². The van der Waals surface area contributed by atoms with Gasteiger partial charge in [-0.2, -0.15) is 0 Å². The van der Waals surface area contributed by atoms with E-state index in [0.717, 1.165) is 34.9 Å². The molecular weight excluding hydrogens is 252 g/mol. The van der Waals surface area contributed by atoms with Gasteiger partial charge in [-0.05, 0) is 24.3 Å². The summed E-state index contributed by atoms with van der Waals surface area (Å²) in [5, 5.41) is 6.18. The summed E-state index contributed by atoms with van der Waals surface area (Å²) in [5.41, 5.74) is 2.96. The molecule has 2 aromatic rings. The maximum atomic E-state index is 11.1. The smallest absolute Gasteiger partial charge is 0.221 e. The molecule has 0 aliphatic carbocycles. The fraction of sp³-hybridized carbons (Fsp3) is 0.188. The summed E-state index contributed by atoms with van der Waals surface area (Å²) >= 11 is 0. The Morgan fingerprint density at radius 3 is 2.70 bits per heavy atom. The van der Waals surface area contributed by atoms with Crippen LogP contribution in [0.4, 0.5) is 5.69 Å². The monoisotopic (exact) mass is 268 g/mol. The molecule has 2 N–H and O–H groups in total. The van der Waals surface area contributed by atoms with Gasteiger partial charge in [0.15, 0.2) is 0 Å². The second-order valence-corrected chi connectivity index (χ2v) is 4.82. The standard InChI is InChI=1S/C16H16N2O2/c1-11(19)18-14-6-7-16-13(8-14)10-17-9-12-4-2-3-5-15(12)20-16/h2-8,17H,9-10H2,1H3,(H,18,19). The van der Waals surface area contributed by atoms with Gasteiger partial charge in [0.25, 0.3) is 0 Å². The average molecular weight is 268 g/mol. The highest BCUT2D eigenvalue weighted by Crippen LogP contribution is 2.31. The molecule has 4 heteroatoms. The highest BCUT2D eigenvalue weighted by Gasteiger charge is 2.13. The summed E-state index contributed by atoms with van der Waals surface area (Å²) in [6.45, 7) is 2.97. The molecule has 2 aromatic carbocycles. The van der Waals surface area contributed by atoms with E-state index in [0.29, 0.717) is 6.54 Å². The van der Waals surface area contributed by atoms with Crippen molar-refractivity contribution >= 4 is 11.6 Å². The Morgan fingerprint density at radius 1 is 1.10 bits per heavy atom. The lowest BCUT2D eigenvalue weighted by molar-refractivity contribution is -0.114. The van der Waals surface area contributed by atoms with Gasteiger partial charge >= 0.3 is 0 Å². The first-order valence-electron chi connectivity index (χ1n) is 6.59. The average Bonchev–Trinajstić information content (AvgIpc) is 2.39. The van der Waals surface area contributed by atoms with Crippen LogP contribution < -0.4 is 15.4 Å². The van der Waals surface area contributed by atoms with Gasteiger partial charge in [-0.25, -0.2) is 0 Å². The SMILES string of the molecule is CC(=O)Nc1ccc2c(c1)CNCc1ccccc1O2. The van der Waals surface area contributed by atoms with Crippen molar-refractivity contribution in [3.63, 3.8) is 0 Å². The number of benzene rings is 2. The molecule has 0 fully saturated rings. The summed E-state index contributed by atoms with van der Waals surface area (Å²) in [7, 11) is 0. The number of hydrogen-bond acceptors (Lipinski definition) is 3. The molecule has 20 heavy (non-hydrogen) atoms. The Hall–Kier alpha value is -2.33. The Bertz CT molecular complexity index is 653. The molecule has 1 aliphatic heterocycles. The molecule has 0 unspecified atom stereocenters. The zero-order chi connectivity index (χ0) is 13.9. The van der Waals surface area contributed by atoms with Gasteiger partial charge in [-0.3, -0.25) is 4.79 Å². The van der Waals surface area contributed by atoms with Crippen molar-refractivity contribution in [2.24, 2.45) is 0 Å². The Kier molecular flexibility index (Phi) is 3.39. The molecule has 102 valence electrons. The van der Waals surface area contributed by atoms with E-state index in [-0.39, 0.29) is 5.91 Å². The second kappa shape index (κ2) is 5.35. The van der Waals surface area contributed by atoms with E-state index >= 15 is 0 Å². The molecule has 0 radical (unpaired) electrons. The molecule has 1 heterocycles.